The third-order valence-corrected chi connectivity index (χ3v) is 2.78. The van der Waals surface area contributed by atoms with Gasteiger partial charge >= 0.3 is 12.1 Å². The molecule has 0 aliphatic carbocycles. The Hall–Kier alpha value is -1.34. The number of hydrogen-bond acceptors (Lipinski definition) is 6. The van der Waals surface area contributed by atoms with Gasteiger partial charge in [-0.05, 0) is 27.2 Å². The van der Waals surface area contributed by atoms with Gasteiger partial charge in [0.1, 0.15) is 11.6 Å². The van der Waals surface area contributed by atoms with Crippen molar-refractivity contribution in [2.45, 2.75) is 38.8 Å². The van der Waals surface area contributed by atoms with E-state index in [9.17, 15) is 9.59 Å². The number of carbonyl (C=O) groups is 2. The van der Waals surface area contributed by atoms with Crippen molar-refractivity contribution < 1.29 is 29.2 Å². The molecule has 1 saturated heterocycles. The van der Waals surface area contributed by atoms with Crippen LogP contribution in [0.4, 0.5) is 4.79 Å². The predicted molar refractivity (Wildman–Crippen MR) is 65.4 cm³/mol. The van der Waals surface area contributed by atoms with Crippen LogP contribution in [-0.2, 0) is 19.2 Å². The highest BCUT2D eigenvalue weighted by Crippen LogP contribution is 2.26. The first kappa shape index (κ1) is 15.7. The van der Waals surface area contributed by atoms with E-state index < -0.39 is 23.7 Å². The zero-order chi connectivity index (χ0) is 14.6. The zero-order valence-corrected chi connectivity index (χ0v) is 11.7. The smallest absolute Gasteiger partial charge is 0.411 e. The third-order valence-electron chi connectivity index (χ3n) is 2.78. The van der Waals surface area contributed by atoms with Gasteiger partial charge in [0, 0.05) is 19.6 Å². The maximum atomic E-state index is 12.0. The Morgan fingerprint density at radius 1 is 1.37 bits per heavy atom. The summed E-state index contributed by atoms with van der Waals surface area (Å²) in [5.41, 5.74) is -0.649. The number of rotatable bonds is 3. The highest BCUT2D eigenvalue weighted by atomic mass is 17.1. The van der Waals surface area contributed by atoms with Gasteiger partial charge in [-0.15, -0.1) is 0 Å². The van der Waals surface area contributed by atoms with Gasteiger partial charge in [-0.25, -0.2) is 9.59 Å². The Morgan fingerprint density at radius 2 is 2.00 bits per heavy atom. The lowest BCUT2D eigenvalue weighted by molar-refractivity contribution is -0.238. The van der Waals surface area contributed by atoms with E-state index in [1.807, 2.05) is 0 Å². The van der Waals surface area contributed by atoms with Crippen molar-refractivity contribution in [1.29, 1.82) is 0 Å². The number of likely N-dealkylation sites (tertiary alicyclic amines) is 1. The van der Waals surface area contributed by atoms with Gasteiger partial charge in [0.2, 0.25) is 0 Å². The highest BCUT2D eigenvalue weighted by molar-refractivity contribution is 5.81. The Kier molecular flexibility index (Phi) is 5.13. The third kappa shape index (κ3) is 4.36. The Bertz CT molecular complexity index is 338. The van der Waals surface area contributed by atoms with Crippen LogP contribution in [0.5, 0.6) is 0 Å². The minimum Gasteiger partial charge on any atom is -0.444 e. The summed E-state index contributed by atoms with van der Waals surface area (Å²) in [6.45, 7) is 5.99. The molecule has 0 unspecified atom stereocenters. The van der Waals surface area contributed by atoms with Crippen LogP contribution in [-0.4, -0.2) is 54.1 Å². The molecule has 7 heteroatoms. The zero-order valence-electron chi connectivity index (χ0n) is 11.7. The average Bonchev–Trinajstić information content (AvgIpc) is 2.70. The Balaban J connectivity index is 2.76. The SMILES string of the molecule is COC[C@H]1C[C@@H](C(=O)OO)N(C(=O)OC(C)(C)C)C1. The fourth-order valence-corrected chi connectivity index (χ4v) is 2.09. The molecular weight excluding hydrogens is 254 g/mol. The largest absolute Gasteiger partial charge is 0.444 e. The summed E-state index contributed by atoms with van der Waals surface area (Å²) in [5, 5.41) is 8.48. The van der Waals surface area contributed by atoms with Gasteiger partial charge in [0.05, 0.1) is 6.61 Å². The lowest BCUT2D eigenvalue weighted by Gasteiger charge is -2.27. The van der Waals surface area contributed by atoms with Crippen LogP contribution < -0.4 is 0 Å². The first-order chi connectivity index (χ1) is 8.78. The molecule has 1 heterocycles. The molecule has 1 amide bonds. The maximum absolute atomic E-state index is 12.0. The van der Waals surface area contributed by atoms with Crippen molar-refractivity contribution >= 4 is 12.1 Å². The number of carbonyl (C=O) groups excluding carboxylic acids is 2. The molecule has 19 heavy (non-hydrogen) atoms. The normalized spacial score (nSPS) is 23.3. The van der Waals surface area contributed by atoms with Gasteiger partial charge in [0.15, 0.2) is 0 Å². The number of amides is 1. The van der Waals surface area contributed by atoms with Crippen LogP contribution in [0.25, 0.3) is 0 Å². The van der Waals surface area contributed by atoms with Crippen LogP contribution in [0.15, 0.2) is 0 Å². The second-order valence-corrected chi connectivity index (χ2v) is 5.62. The molecular formula is C12H21NO6. The fraction of sp³-hybridized carbons (Fsp3) is 0.833. The van der Waals surface area contributed by atoms with Crippen LogP contribution in [0.1, 0.15) is 27.2 Å². The van der Waals surface area contributed by atoms with Gasteiger partial charge in [0.25, 0.3) is 0 Å². The van der Waals surface area contributed by atoms with Gasteiger partial charge in [-0.2, -0.15) is 5.26 Å². The summed E-state index contributed by atoms with van der Waals surface area (Å²) in [6, 6.07) is -0.833. The molecule has 2 atom stereocenters. The molecule has 0 radical (unpaired) electrons. The van der Waals surface area contributed by atoms with Crippen LogP contribution in [0.2, 0.25) is 0 Å². The van der Waals surface area contributed by atoms with Crippen molar-refractivity contribution in [1.82, 2.24) is 4.90 Å². The number of ether oxygens (including phenoxy) is 2. The summed E-state index contributed by atoms with van der Waals surface area (Å²) >= 11 is 0. The van der Waals surface area contributed by atoms with E-state index >= 15 is 0 Å². The van der Waals surface area contributed by atoms with Crippen LogP contribution in [0.3, 0.4) is 0 Å². The van der Waals surface area contributed by atoms with E-state index in [0.717, 1.165) is 0 Å². The van der Waals surface area contributed by atoms with Gasteiger partial charge in [-0.1, -0.05) is 0 Å². The molecule has 7 nitrogen and oxygen atoms in total. The molecule has 0 saturated carbocycles. The minimum absolute atomic E-state index is 0.0154. The topological polar surface area (TPSA) is 85.3 Å². The average molecular weight is 275 g/mol. The molecule has 0 bridgehead atoms. The van der Waals surface area contributed by atoms with E-state index in [4.69, 9.17) is 14.7 Å². The second kappa shape index (κ2) is 6.21. The van der Waals surface area contributed by atoms with Crippen molar-refractivity contribution in [2.75, 3.05) is 20.3 Å². The molecule has 0 aromatic heterocycles. The second-order valence-electron chi connectivity index (χ2n) is 5.62. The monoisotopic (exact) mass is 275 g/mol. The lowest BCUT2D eigenvalue weighted by atomic mass is 10.1. The number of nitrogens with zero attached hydrogens (tertiary/aromatic N) is 1. The summed E-state index contributed by atoms with van der Waals surface area (Å²) in [6.07, 6.45) is -0.214. The van der Waals surface area contributed by atoms with E-state index in [1.165, 1.54) is 4.90 Å². The Labute approximate surface area is 112 Å². The standard InChI is InChI=1S/C12H21NO6/c1-12(2,3)18-11(15)13-6-8(7-17-4)5-9(13)10(14)19-16/h8-9,16H,5-7H2,1-4H3/t8-,9-/m0/s1. The van der Waals surface area contributed by atoms with Crippen molar-refractivity contribution in [3.63, 3.8) is 0 Å². The molecule has 0 spiro atoms. The van der Waals surface area contributed by atoms with E-state index in [0.29, 0.717) is 19.6 Å². The van der Waals surface area contributed by atoms with Crippen LogP contribution >= 0.6 is 0 Å². The molecule has 1 N–H and O–H groups in total. The maximum Gasteiger partial charge on any atom is 0.411 e. The molecule has 0 aromatic rings. The number of methoxy groups -OCH3 is 1. The van der Waals surface area contributed by atoms with Crippen LogP contribution in [0, 0.1) is 5.92 Å². The van der Waals surface area contributed by atoms with E-state index in [-0.39, 0.29) is 5.92 Å². The fourth-order valence-electron chi connectivity index (χ4n) is 2.09. The highest BCUT2D eigenvalue weighted by Gasteiger charge is 2.42. The summed E-state index contributed by atoms with van der Waals surface area (Å²) < 4.78 is 10.3. The molecule has 1 fully saturated rings. The minimum atomic E-state index is -0.857. The first-order valence-electron chi connectivity index (χ1n) is 6.12. The number of hydrogen-bond donors (Lipinski definition) is 1. The Morgan fingerprint density at radius 3 is 2.47 bits per heavy atom. The first-order valence-corrected chi connectivity index (χ1v) is 6.12. The van der Waals surface area contributed by atoms with E-state index in [2.05, 4.69) is 4.89 Å². The van der Waals surface area contributed by atoms with Crippen molar-refractivity contribution in [3.05, 3.63) is 0 Å². The summed E-state index contributed by atoms with van der Waals surface area (Å²) in [4.78, 5) is 28.5. The van der Waals surface area contributed by atoms with Gasteiger partial charge in [-0.3, -0.25) is 9.79 Å². The molecule has 1 rings (SSSR count). The summed E-state index contributed by atoms with van der Waals surface area (Å²) in [5.74, 6) is -0.842. The van der Waals surface area contributed by atoms with Crippen molar-refractivity contribution in [3.8, 4) is 0 Å². The lowest BCUT2D eigenvalue weighted by Crippen LogP contribution is -2.43. The predicted octanol–water partition coefficient (Wildman–Crippen LogP) is 1.27. The van der Waals surface area contributed by atoms with E-state index in [1.54, 1.807) is 27.9 Å². The quantitative estimate of drug-likeness (QED) is 0.616. The van der Waals surface area contributed by atoms with Crippen molar-refractivity contribution in [2.24, 2.45) is 5.92 Å². The summed E-state index contributed by atoms with van der Waals surface area (Å²) in [7, 11) is 1.55. The molecule has 110 valence electrons. The molecule has 1 aliphatic rings. The molecule has 0 aromatic carbocycles. The van der Waals surface area contributed by atoms with Gasteiger partial charge < -0.3 is 9.47 Å². The molecule has 1 aliphatic heterocycles.